The average molecular weight is 374 g/mol. The summed E-state index contributed by atoms with van der Waals surface area (Å²) < 4.78 is 20.5. The van der Waals surface area contributed by atoms with Crippen LogP contribution in [0.5, 0.6) is 5.75 Å². The van der Waals surface area contributed by atoms with E-state index < -0.39 is 0 Å². The number of hydrogen-bond acceptors (Lipinski definition) is 4. The first kappa shape index (κ1) is 19.3. The second-order valence-corrected chi connectivity index (χ2v) is 7.35. The molecule has 6 nitrogen and oxygen atoms in total. The summed E-state index contributed by atoms with van der Waals surface area (Å²) in [6.07, 6.45) is 2.00. The molecule has 146 valence electrons. The van der Waals surface area contributed by atoms with Crippen LogP contribution in [0, 0.1) is 31.5 Å². The number of aryl methyl sites for hydroxylation is 2. The third kappa shape index (κ3) is 5.05. The largest absolute Gasteiger partial charge is 0.493 e. The molecule has 1 aliphatic heterocycles. The molecule has 0 unspecified atom stereocenters. The first-order valence-electron chi connectivity index (χ1n) is 9.47. The highest BCUT2D eigenvalue weighted by atomic mass is 19.1. The predicted molar refractivity (Wildman–Crippen MR) is 99.9 cm³/mol. The van der Waals surface area contributed by atoms with E-state index in [4.69, 9.17) is 4.74 Å². The highest BCUT2D eigenvalue weighted by Gasteiger charge is 2.27. The van der Waals surface area contributed by atoms with Gasteiger partial charge in [-0.25, -0.2) is 14.1 Å². The number of amides is 1. The lowest BCUT2D eigenvalue weighted by molar-refractivity contribution is -0.137. The highest BCUT2D eigenvalue weighted by molar-refractivity contribution is 5.78. The molecule has 1 saturated heterocycles. The van der Waals surface area contributed by atoms with Gasteiger partial charge in [-0.05, 0) is 51.0 Å². The molecule has 3 rings (SSSR count). The van der Waals surface area contributed by atoms with E-state index >= 15 is 0 Å². The van der Waals surface area contributed by atoms with Crippen LogP contribution in [-0.2, 0) is 11.3 Å². The van der Waals surface area contributed by atoms with Crippen LogP contribution in [0.4, 0.5) is 4.39 Å². The summed E-state index contributed by atoms with van der Waals surface area (Å²) in [6, 6.07) is 6.04. The van der Waals surface area contributed by atoms with Crippen LogP contribution >= 0.6 is 0 Å². The van der Waals surface area contributed by atoms with E-state index in [1.165, 1.54) is 12.1 Å². The highest BCUT2D eigenvalue weighted by Crippen LogP contribution is 2.21. The van der Waals surface area contributed by atoms with Crippen LogP contribution in [0.1, 0.15) is 31.4 Å². The Hall–Kier alpha value is -2.44. The van der Waals surface area contributed by atoms with Gasteiger partial charge in [-0.15, -0.1) is 0 Å². The minimum Gasteiger partial charge on any atom is -0.493 e. The molecule has 1 aliphatic rings. The van der Waals surface area contributed by atoms with Crippen molar-refractivity contribution in [3.63, 3.8) is 0 Å². The van der Waals surface area contributed by atoms with Crippen LogP contribution in [0.2, 0.25) is 0 Å². The van der Waals surface area contributed by atoms with Crippen molar-refractivity contribution in [1.29, 1.82) is 0 Å². The topological polar surface area (TPSA) is 60.2 Å². The number of rotatable bonds is 6. The van der Waals surface area contributed by atoms with Gasteiger partial charge in [0, 0.05) is 19.0 Å². The smallest absolute Gasteiger partial charge is 0.227 e. The number of ether oxygens (including phenoxy) is 1. The molecule has 1 fully saturated rings. The zero-order chi connectivity index (χ0) is 19.4. The van der Waals surface area contributed by atoms with Gasteiger partial charge in [-0.2, -0.15) is 5.10 Å². The molecule has 1 amide bonds. The Balaban J connectivity index is 1.52. The molecule has 2 heterocycles. The van der Waals surface area contributed by atoms with Gasteiger partial charge in [0.2, 0.25) is 5.91 Å². The maximum atomic E-state index is 13.0. The number of aromatic nitrogens is 3. The van der Waals surface area contributed by atoms with Gasteiger partial charge in [-0.1, -0.05) is 6.92 Å². The predicted octanol–water partition coefficient (Wildman–Crippen LogP) is 2.99. The fraction of sp³-hybridized carbons (Fsp3) is 0.550. The fourth-order valence-corrected chi connectivity index (χ4v) is 3.53. The summed E-state index contributed by atoms with van der Waals surface area (Å²) in [4.78, 5) is 19.1. The number of nitrogens with zero attached hydrogens (tertiary/aromatic N) is 4. The summed E-state index contributed by atoms with van der Waals surface area (Å²) in [7, 11) is 0. The molecule has 0 N–H and O–H groups in total. The molecule has 7 heteroatoms. The second kappa shape index (κ2) is 8.50. The zero-order valence-corrected chi connectivity index (χ0v) is 16.2. The second-order valence-electron chi connectivity index (χ2n) is 7.35. The van der Waals surface area contributed by atoms with Crippen molar-refractivity contribution < 1.29 is 13.9 Å². The number of likely N-dealkylation sites (tertiary alicyclic amines) is 1. The fourth-order valence-electron chi connectivity index (χ4n) is 3.53. The molecule has 0 radical (unpaired) electrons. The van der Waals surface area contributed by atoms with E-state index in [9.17, 15) is 9.18 Å². The maximum absolute atomic E-state index is 13.0. The first-order chi connectivity index (χ1) is 12.9. The lowest BCUT2D eigenvalue weighted by Gasteiger charge is -2.34. The number of carbonyl (C=O) groups excluding carboxylic acids is 1. The van der Waals surface area contributed by atoms with Crippen LogP contribution in [0.3, 0.4) is 0 Å². The van der Waals surface area contributed by atoms with Crippen LogP contribution in [0.25, 0.3) is 0 Å². The number of halogens is 1. The average Bonchev–Trinajstić information content (AvgIpc) is 2.97. The lowest BCUT2D eigenvalue weighted by Crippen LogP contribution is -2.44. The molecule has 1 aromatic carbocycles. The molecule has 27 heavy (non-hydrogen) atoms. The molecular formula is C20H27FN4O2. The summed E-state index contributed by atoms with van der Waals surface area (Å²) in [6.45, 7) is 8.25. The Morgan fingerprint density at radius 2 is 2.07 bits per heavy atom. The standard InChI is InChI=1S/C20H27FN4O2/c1-14(11-25-16(3)22-15(2)23-25)20(26)24-10-4-5-17(12-24)13-27-19-8-6-18(21)7-9-19/h6-9,14,17H,4-5,10-13H2,1-3H3/t14-,17+/m1/s1. The van der Waals surface area contributed by atoms with Crippen LogP contribution in [-0.4, -0.2) is 45.3 Å². The van der Waals surface area contributed by atoms with E-state index in [0.717, 1.165) is 31.0 Å². The van der Waals surface area contributed by atoms with Crippen molar-refractivity contribution in [1.82, 2.24) is 19.7 Å². The quantitative estimate of drug-likeness (QED) is 0.780. The van der Waals surface area contributed by atoms with Crippen molar-refractivity contribution in [2.24, 2.45) is 11.8 Å². The summed E-state index contributed by atoms with van der Waals surface area (Å²) in [5.41, 5.74) is 0. The number of carbonyl (C=O) groups is 1. The Bertz CT molecular complexity index is 775. The van der Waals surface area contributed by atoms with Crippen molar-refractivity contribution in [2.75, 3.05) is 19.7 Å². The van der Waals surface area contributed by atoms with Crippen LogP contribution in [0.15, 0.2) is 24.3 Å². The normalized spacial score (nSPS) is 18.4. The minimum absolute atomic E-state index is 0.147. The van der Waals surface area contributed by atoms with Crippen molar-refractivity contribution >= 4 is 5.91 Å². The van der Waals surface area contributed by atoms with Gasteiger partial charge in [0.05, 0.1) is 19.1 Å². The van der Waals surface area contributed by atoms with Gasteiger partial charge in [0.15, 0.2) is 0 Å². The monoisotopic (exact) mass is 374 g/mol. The van der Waals surface area contributed by atoms with E-state index in [1.807, 2.05) is 25.7 Å². The van der Waals surface area contributed by atoms with Crippen LogP contribution < -0.4 is 4.74 Å². The SMILES string of the molecule is Cc1nc(C)n(C[C@@H](C)C(=O)N2CCC[C@H](COc3ccc(F)cc3)C2)n1. The molecule has 1 aromatic heterocycles. The van der Waals surface area contributed by atoms with Gasteiger partial charge >= 0.3 is 0 Å². The number of piperidine rings is 1. The summed E-state index contributed by atoms with van der Waals surface area (Å²) in [5.74, 6) is 2.22. The van der Waals surface area contributed by atoms with Gasteiger partial charge in [0.25, 0.3) is 0 Å². The summed E-state index contributed by atoms with van der Waals surface area (Å²) >= 11 is 0. The number of benzene rings is 1. The molecule has 0 spiro atoms. The third-order valence-corrected chi connectivity index (χ3v) is 4.96. The Morgan fingerprint density at radius 3 is 2.74 bits per heavy atom. The Labute approximate surface area is 159 Å². The maximum Gasteiger partial charge on any atom is 0.227 e. The molecule has 2 atom stereocenters. The lowest BCUT2D eigenvalue weighted by atomic mass is 9.97. The van der Waals surface area contributed by atoms with Crippen molar-refractivity contribution in [3.05, 3.63) is 41.7 Å². The van der Waals surface area contributed by atoms with E-state index in [2.05, 4.69) is 10.1 Å². The van der Waals surface area contributed by atoms with E-state index in [-0.39, 0.29) is 23.6 Å². The Morgan fingerprint density at radius 1 is 1.33 bits per heavy atom. The molecule has 0 aliphatic carbocycles. The molecule has 0 saturated carbocycles. The molecule has 2 aromatic rings. The first-order valence-corrected chi connectivity index (χ1v) is 9.47. The Kier molecular flexibility index (Phi) is 6.08. The molecular weight excluding hydrogens is 347 g/mol. The summed E-state index contributed by atoms with van der Waals surface area (Å²) in [5, 5.41) is 4.35. The van der Waals surface area contributed by atoms with Crippen molar-refractivity contribution in [2.45, 2.75) is 40.2 Å². The van der Waals surface area contributed by atoms with E-state index in [1.54, 1.807) is 16.8 Å². The number of hydrogen-bond donors (Lipinski definition) is 0. The zero-order valence-electron chi connectivity index (χ0n) is 16.2. The van der Waals surface area contributed by atoms with Crippen molar-refractivity contribution in [3.8, 4) is 5.75 Å². The van der Waals surface area contributed by atoms with Gasteiger partial charge in [-0.3, -0.25) is 4.79 Å². The molecule has 0 bridgehead atoms. The van der Waals surface area contributed by atoms with Gasteiger partial charge < -0.3 is 9.64 Å². The van der Waals surface area contributed by atoms with Gasteiger partial charge in [0.1, 0.15) is 23.2 Å². The van der Waals surface area contributed by atoms with E-state index in [0.29, 0.717) is 25.4 Å². The third-order valence-electron chi connectivity index (χ3n) is 4.96. The minimum atomic E-state index is -0.274.